The summed E-state index contributed by atoms with van der Waals surface area (Å²) in [5.74, 6) is -1.21. The first-order valence-corrected chi connectivity index (χ1v) is 11.8. The van der Waals surface area contributed by atoms with E-state index >= 15 is 0 Å². The molecule has 7 nitrogen and oxygen atoms in total. The van der Waals surface area contributed by atoms with Gasteiger partial charge in [0.15, 0.2) is 18.2 Å². The van der Waals surface area contributed by atoms with Crippen LogP contribution in [0.4, 0.5) is 0 Å². The molecule has 0 radical (unpaired) electrons. The lowest BCUT2D eigenvalue weighted by molar-refractivity contribution is -0.141. The highest BCUT2D eigenvalue weighted by Gasteiger charge is 2.56. The Morgan fingerprint density at radius 3 is 2.41 bits per heavy atom. The number of ketones is 2. The van der Waals surface area contributed by atoms with Gasteiger partial charge in [-0.3, -0.25) is 14.4 Å². The fourth-order valence-corrected chi connectivity index (χ4v) is 5.45. The molecular formula is C26H23NO6S. The number of para-hydroxylation sites is 1. The van der Waals surface area contributed by atoms with E-state index in [4.69, 9.17) is 9.47 Å². The van der Waals surface area contributed by atoms with Crippen LogP contribution in [-0.4, -0.2) is 54.2 Å². The zero-order chi connectivity index (χ0) is 24.1. The number of nitrogens with one attached hydrogen (secondary N) is 1. The fraction of sp³-hybridized carbons (Fsp3) is 0.231. The number of esters is 1. The van der Waals surface area contributed by atoms with Gasteiger partial charge in [0.05, 0.1) is 18.6 Å². The van der Waals surface area contributed by atoms with Gasteiger partial charge >= 0.3 is 5.97 Å². The lowest BCUT2D eigenvalue weighted by Crippen LogP contribution is -2.65. The van der Waals surface area contributed by atoms with Crippen molar-refractivity contribution in [3.63, 3.8) is 0 Å². The molecule has 1 amide bonds. The summed E-state index contributed by atoms with van der Waals surface area (Å²) in [6, 6.07) is 17.0. The second-order valence-electron chi connectivity index (χ2n) is 7.80. The minimum atomic E-state index is -0.710. The monoisotopic (exact) mass is 477 g/mol. The van der Waals surface area contributed by atoms with Gasteiger partial charge in [0, 0.05) is 16.6 Å². The van der Waals surface area contributed by atoms with Crippen LogP contribution >= 0.6 is 11.8 Å². The molecule has 1 heterocycles. The lowest BCUT2D eigenvalue weighted by atomic mass is 9.71. The SMILES string of the molecule is COC(=O)C1=C(/C=C/C(=O)c2ccccc2)CS[C@H]2C1C(=O)[C@H]2NC(=O)COc1ccccc1. The molecule has 0 bridgehead atoms. The van der Waals surface area contributed by atoms with E-state index in [0.29, 0.717) is 22.6 Å². The summed E-state index contributed by atoms with van der Waals surface area (Å²) >= 11 is 1.46. The Bertz CT molecular complexity index is 1160. The normalized spacial score (nSPS) is 21.4. The molecule has 174 valence electrons. The number of allylic oxidation sites excluding steroid dienone is 2. The highest BCUT2D eigenvalue weighted by Crippen LogP contribution is 2.46. The largest absolute Gasteiger partial charge is 0.484 e. The van der Waals surface area contributed by atoms with Gasteiger partial charge in [-0.25, -0.2) is 4.79 Å². The van der Waals surface area contributed by atoms with Crippen LogP contribution in [-0.2, 0) is 19.1 Å². The van der Waals surface area contributed by atoms with E-state index in [1.165, 1.54) is 24.9 Å². The van der Waals surface area contributed by atoms with Crippen molar-refractivity contribution >= 4 is 35.2 Å². The topological polar surface area (TPSA) is 98.8 Å². The van der Waals surface area contributed by atoms with Crippen molar-refractivity contribution in [3.05, 3.63) is 89.5 Å². The maximum absolute atomic E-state index is 12.9. The number of rotatable bonds is 8. The van der Waals surface area contributed by atoms with E-state index in [1.807, 2.05) is 12.1 Å². The number of benzene rings is 2. The van der Waals surface area contributed by atoms with Crippen molar-refractivity contribution in [2.75, 3.05) is 19.5 Å². The average molecular weight is 478 g/mol. The summed E-state index contributed by atoms with van der Waals surface area (Å²) in [5.41, 5.74) is 1.35. The number of hydrogen-bond donors (Lipinski definition) is 1. The second-order valence-corrected chi connectivity index (χ2v) is 8.96. The van der Waals surface area contributed by atoms with Gasteiger partial charge in [-0.15, -0.1) is 0 Å². The Kier molecular flexibility index (Phi) is 7.27. The first-order valence-electron chi connectivity index (χ1n) is 10.7. The van der Waals surface area contributed by atoms with Crippen LogP contribution in [0, 0.1) is 5.92 Å². The zero-order valence-electron chi connectivity index (χ0n) is 18.4. The van der Waals surface area contributed by atoms with E-state index < -0.39 is 23.8 Å². The zero-order valence-corrected chi connectivity index (χ0v) is 19.2. The van der Waals surface area contributed by atoms with Crippen molar-refractivity contribution in [3.8, 4) is 5.75 Å². The minimum Gasteiger partial charge on any atom is -0.484 e. The van der Waals surface area contributed by atoms with Crippen LogP contribution in [0.2, 0.25) is 0 Å². The number of carbonyl (C=O) groups is 4. The third kappa shape index (κ3) is 4.97. The highest BCUT2D eigenvalue weighted by atomic mass is 32.2. The molecule has 0 spiro atoms. The Labute approximate surface area is 201 Å². The smallest absolute Gasteiger partial charge is 0.334 e. The molecule has 0 aromatic heterocycles. The predicted octanol–water partition coefficient (Wildman–Crippen LogP) is 2.77. The number of thioether (sulfide) groups is 1. The molecule has 1 aliphatic heterocycles. The van der Waals surface area contributed by atoms with E-state index in [0.717, 1.165) is 0 Å². The summed E-state index contributed by atoms with van der Waals surface area (Å²) in [7, 11) is 1.26. The van der Waals surface area contributed by atoms with Crippen LogP contribution in [0.15, 0.2) is 84.0 Å². The van der Waals surface area contributed by atoms with Gasteiger partial charge in [0.25, 0.3) is 5.91 Å². The van der Waals surface area contributed by atoms with Gasteiger partial charge in [0.2, 0.25) is 0 Å². The average Bonchev–Trinajstić information content (AvgIpc) is 2.89. The number of hydrogen-bond acceptors (Lipinski definition) is 7. The number of fused-ring (bicyclic) bond motifs is 1. The van der Waals surface area contributed by atoms with Crippen molar-refractivity contribution in [2.24, 2.45) is 5.92 Å². The Morgan fingerprint density at radius 1 is 1.06 bits per heavy atom. The molecule has 3 atom stereocenters. The highest BCUT2D eigenvalue weighted by molar-refractivity contribution is 8.00. The Hall–Kier alpha value is -3.65. The molecule has 8 heteroatoms. The van der Waals surface area contributed by atoms with Gasteiger partial charge in [-0.2, -0.15) is 11.8 Å². The summed E-state index contributed by atoms with van der Waals surface area (Å²) in [4.78, 5) is 50.3. The molecule has 1 saturated carbocycles. The van der Waals surface area contributed by atoms with E-state index in [1.54, 1.807) is 54.6 Å². The van der Waals surface area contributed by atoms with Crippen molar-refractivity contribution in [1.29, 1.82) is 0 Å². The molecule has 0 saturated heterocycles. The first-order chi connectivity index (χ1) is 16.5. The standard InChI is InChI=1S/C26H23NO6S/c1-32-26(31)21-17(12-13-19(28)16-8-4-2-5-9-16)15-34-25-22(21)24(30)23(25)27-20(29)14-33-18-10-6-3-7-11-18/h2-13,22-23,25H,14-15H2,1H3,(H,27,29)/b13-12+/t22?,23-,25+/m1/s1. The van der Waals surface area contributed by atoms with Crippen LogP contribution in [0.5, 0.6) is 5.75 Å². The third-order valence-electron chi connectivity index (χ3n) is 5.69. The summed E-state index contributed by atoms with van der Waals surface area (Å²) in [6.07, 6.45) is 2.98. The molecule has 1 aliphatic carbocycles. The van der Waals surface area contributed by atoms with Crippen LogP contribution < -0.4 is 10.1 Å². The quantitative estimate of drug-likeness (QED) is 0.355. The molecule has 1 N–H and O–H groups in total. The third-order valence-corrected chi connectivity index (χ3v) is 7.09. The summed E-state index contributed by atoms with van der Waals surface area (Å²) in [6.45, 7) is -0.217. The summed E-state index contributed by atoms with van der Waals surface area (Å²) < 4.78 is 10.4. The summed E-state index contributed by atoms with van der Waals surface area (Å²) in [5, 5.41) is 2.43. The van der Waals surface area contributed by atoms with Crippen molar-refractivity contribution in [1.82, 2.24) is 5.32 Å². The van der Waals surface area contributed by atoms with E-state index in [2.05, 4.69) is 5.32 Å². The van der Waals surface area contributed by atoms with Gasteiger partial charge in [-0.05, 0) is 23.8 Å². The first kappa shape index (κ1) is 23.5. The van der Waals surface area contributed by atoms with Gasteiger partial charge < -0.3 is 14.8 Å². The molecular weight excluding hydrogens is 454 g/mol. The Morgan fingerprint density at radius 2 is 1.74 bits per heavy atom. The molecule has 2 aliphatic rings. The van der Waals surface area contributed by atoms with Crippen molar-refractivity contribution < 1.29 is 28.7 Å². The maximum Gasteiger partial charge on any atom is 0.334 e. The van der Waals surface area contributed by atoms with Gasteiger partial charge in [0.1, 0.15) is 11.8 Å². The molecule has 1 unspecified atom stereocenters. The molecule has 1 fully saturated rings. The number of Topliss-reactive ketones (excluding diaryl/α,β-unsaturated/α-hetero) is 1. The Balaban J connectivity index is 1.45. The van der Waals surface area contributed by atoms with Crippen LogP contribution in [0.25, 0.3) is 0 Å². The molecule has 34 heavy (non-hydrogen) atoms. The van der Waals surface area contributed by atoms with E-state index in [-0.39, 0.29) is 29.0 Å². The number of amides is 1. The minimum absolute atomic E-state index is 0.201. The molecule has 4 rings (SSSR count). The van der Waals surface area contributed by atoms with Crippen LogP contribution in [0.1, 0.15) is 10.4 Å². The lowest BCUT2D eigenvalue weighted by Gasteiger charge is -2.46. The number of methoxy groups -OCH3 is 1. The second kappa shape index (κ2) is 10.5. The van der Waals surface area contributed by atoms with Crippen molar-refractivity contribution in [2.45, 2.75) is 11.3 Å². The molecule has 2 aromatic carbocycles. The predicted molar refractivity (Wildman–Crippen MR) is 128 cm³/mol. The van der Waals surface area contributed by atoms with Gasteiger partial charge in [-0.1, -0.05) is 54.6 Å². The number of ether oxygens (including phenoxy) is 2. The fourth-order valence-electron chi connectivity index (χ4n) is 3.97. The van der Waals surface area contributed by atoms with E-state index in [9.17, 15) is 19.2 Å². The molecule has 2 aromatic rings. The maximum atomic E-state index is 12.9. The number of carbonyl (C=O) groups excluding carboxylic acids is 4. The van der Waals surface area contributed by atoms with Crippen LogP contribution in [0.3, 0.4) is 0 Å².